The summed E-state index contributed by atoms with van der Waals surface area (Å²) in [5.41, 5.74) is 22.8. The van der Waals surface area contributed by atoms with E-state index in [9.17, 15) is 0 Å². The molecule has 0 saturated heterocycles. The van der Waals surface area contributed by atoms with Gasteiger partial charge in [-0.1, -0.05) is 170 Å². The number of hydrogen-bond acceptors (Lipinski definition) is 4. The molecule has 5 heteroatoms. The van der Waals surface area contributed by atoms with Gasteiger partial charge in [-0.2, -0.15) is 0 Å². The van der Waals surface area contributed by atoms with E-state index in [4.69, 9.17) is 4.42 Å². The fourth-order valence-electron chi connectivity index (χ4n) is 13.5. The number of furan rings is 1. The normalized spacial score (nSPS) is 18.1. The third-order valence-corrected chi connectivity index (χ3v) is 19.5. The first-order valence-corrected chi connectivity index (χ1v) is 27.9. The number of hydrogen-bond donors (Lipinski definition) is 0. The van der Waals surface area contributed by atoms with E-state index in [1.54, 1.807) is 0 Å². The minimum absolute atomic E-state index is 0.00195. The van der Waals surface area contributed by atoms with Crippen LogP contribution in [0.3, 0.4) is 0 Å². The molecule has 7 aromatic carbocycles. The van der Waals surface area contributed by atoms with Crippen molar-refractivity contribution < 1.29 is 4.42 Å². The molecule has 0 fully saturated rings. The van der Waals surface area contributed by atoms with Crippen molar-refractivity contribution in [2.75, 3.05) is 9.71 Å². The molecule has 2 aliphatic carbocycles. The van der Waals surface area contributed by atoms with Gasteiger partial charge in [0.15, 0.2) is 0 Å². The molecule has 3 nitrogen and oxygen atoms in total. The summed E-state index contributed by atoms with van der Waals surface area (Å²) in [6, 6.07) is 50.0. The van der Waals surface area contributed by atoms with Crippen LogP contribution in [0.2, 0.25) is 0 Å². The highest BCUT2D eigenvalue weighted by atomic mass is 32.1. The third kappa shape index (κ3) is 6.89. The fourth-order valence-corrected chi connectivity index (χ4v) is 14.8. The van der Waals surface area contributed by atoms with Gasteiger partial charge in [-0.05, 0) is 157 Å². The summed E-state index contributed by atoms with van der Waals surface area (Å²) in [5, 5.41) is 3.79. The fraction of sp³-hybridized carbons (Fsp3) is 0.353. The zero-order valence-corrected chi connectivity index (χ0v) is 46.6. The lowest BCUT2D eigenvalue weighted by Gasteiger charge is -2.46. The van der Waals surface area contributed by atoms with Crippen molar-refractivity contribution in [1.29, 1.82) is 0 Å². The van der Waals surface area contributed by atoms with Gasteiger partial charge in [0.25, 0.3) is 0 Å². The molecule has 0 unspecified atom stereocenters. The van der Waals surface area contributed by atoms with Crippen LogP contribution >= 0.6 is 11.3 Å². The van der Waals surface area contributed by atoms with Gasteiger partial charge in [0.2, 0.25) is 0 Å². The molecule has 2 aliphatic heterocycles. The second-order valence-corrected chi connectivity index (χ2v) is 28.1. The van der Waals surface area contributed by atoms with Crippen molar-refractivity contribution >= 4 is 88.9 Å². The average Bonchev–Trinajstić information content (AvgIpc) is 3.92. The molecule has 0 saturated carbocycles. The summed E-state index contributed by atoms with van der Waals surface area (Å²) in [6.45, 7) is 33.4. The minimum atomic E-state index is -0.272. The second-order valence-electron chi connectivity index (χ2n) is 27.1. The van der Waals surface area contributed by atoms with E-state index in [0.29, 0.717) is 0 Å². The molecule has 0 radical (unpaired) electrons. The van der Waals surface area contributed by atoms with Crippen molar-refractivity contribution in [2.45, 2.75) is 155 Å². The molecule has 73 heavy (non-hydrogen) atoms. The molecule has 9 aromatic rings. The average molecular weight is 975 g/mol. The number of thiophene rings is 1. The number of benzene rings is 7. The van der Waals surface area contributed by atoms with E-state index in [1.807, 2.05) is 11.3 Å². The number of fused-ring (bicyclic) bond motifs is 12. The Balaban J connectivity index is 1.23. The Morgan fingerprint density at radius 3 is 1.79 bits per heavy atom. The van der Waals surface area contributed by atoms with E-state index in [2.05, 4.69) is 234 Å². The van der Waals surface area contributed by atoms with Gasteiger partial charge in [0.05, 0.1) is 11.4 Å². The molecule has 13 rings (SSSR count). The van der Waals surface area contributed by atoms with Gasteiger partial charge >= 0.3 is 6.85 Å². The number of rotatable bonds is 3. The van der Waals surface area contributed by atoms with E-state index >= 15 is 0 Å². The van der Waals surface area contributed by atoms with E-state index in [-0.39, 0.29) is 39.3 Å². The molecule has 0 amide bonds. The maximum Gasteiger partial charge on any atom is 0.376 e. The van der Waals surface area contributed by atoms with Gasteiger partial charge in [-0.25, -0.2) is 0 Å². The van der Waals surface area contributed by atoms with Crippen LogP contribution < -0.4 is 20.8 Å². The highest BCUT2D eigenvalue weighted by Gasteiger charge is 2.51. The standard InChI is InChI=1S/C68H71BN2OS/c1-63(2,3)41-25-29-53(46(34-41)40-20-16-15-17-21-40)70-55-38-47-44-22-18-19-23-57(44)73-61(47)58-45-27-24-42(64(4,5)6)35-54(45)71(43-26-28-49-50(36-43)66(9,10)31-30-65(49,7)8)69(59(55)58)62-60(70)48-37-51-52(39-56(48)72-62)68(13,14)33-32-67(51,11)12/h15-29,34-39H,30-33H2,1-14H3. The molecule has 2 aromatic heterocycles. The lowest BCUT2D eigenvalue weighted by molar-refractivity contribution is 0.332. The SMILES string of the molecule is CC(C)(C)c1ccc(N2c3cc4c(sc5ccccc54)c4c3B(c3oc5cc6c(cc5c32)C(C)(C)CCC6(C)C)N(c2ccc3c(c2)C(C)(C)CCC3(C)C)c2cc(C(C)(C)C)ccc2-4)c(-c2ccccc2)c1. The number of nitrogens with zero attached hydrogens (tertiary/aromatic N) is 2. The van der Waals surface area contributed by atoms with Crippen molar-refractivity contribution in [3.63, 3.8) is 0 Å². The van der Waals surface area contributed by atoms with E-state index < -0.39 is 0 Å². The van der Waals surface area contributed by atoms with Crippen molar-refractivity contribution in [3.8, 4) is 22.3 Å². The first kappa shape index (κ1) is 46.7. The van der Waals surface area contributed by atoms with Gasteiger partial charge in [0, 0.05) is 59.3 Å². The van der Waals surface area contributed by atoms with Crippen LogP contribution in [0.5, 0.6) is 0 Å². The van der Waals surface area contributed by atoms with Crippen molar-refractivity contribution in [3.05, 3.63) is 161 Å². The first-order valence-electron chi connectivity index (χ1n) is 27.1. The summed E-state index contributed by atoms with van der Waals surface area (Å²) in [7, 11) is 0. The van der Waals surface area contributed by atoms with Crippen LogP contribution in [0.4, 0.5) is 28.4 Å². The zero-order chi connectivity index (χ0) is 51.1. The molecule has 4 aliphatic rings. The smallest absolute Gasteiger partial charge is 0.376 e. The molecule has 0 atom stereocenters. The monoisotopic (exact) mass is 975 g/mol. The lowest BCUT2D eigenvalue weighted by atomic mass is 9.45. The molecular formula is C68H71BN2OS. The van der Waals surface area contributed by atoms with Gasteiger partial charge < -0.3 is 14.1 Å². The molecule has 0 N–H and O–H groups in total. The van der Waals surface area contributed by atoms with Crippen LogP contribution in [-0.2, 0) is 32.5 Å². The van der Waals surface area contributed by atoms with Crippen LogP contribution in [0, 0.1) is 0 Å². The van der Waals surface area contributed by atoms with Crippen LogP contribution in [-0.4, -0.2) is 6.85 Å². The highest BCUT2D eigenvalue weighted by molar-refractivity contribution is 7.26. The Morgan fingerprint density at radius 1 is 0.507 bits per heavy atom. The predicted octanol–water partition coefficient (Wildman–Crippen LogP) is 18.5. The molecule has 0 bridgehead atoms. The Hall–Kier alpha value is -6.04. The highest BCUT2D eigenvalue weighted by Crippen LogP contribution is 2.57. The predicted molar refractivity (Wildman–Crippen MR) is 316 cm³/mol. The summed E-state index contributed by atoms with van der Waals surface area (Å²) >= 11 is 1.95. The molecule has 0 spiro atoms. The minimum Gasteiger partial charge on any atom is -0.466 e. The van der Waals surface area contributed by atoms with Gasteiger partial charge in [0.1, 0.15) is 11.2 Å². The Bertz CT molecular complexity index is 3790. The van der Waals surface area contributed by atoms with Gasteiger partial charge in [-0.3, -0.25) is 0 Å². The summed E-state index contributed by atoms with van der Waals surface area (Å²) in [5.74, 6) is 0. The molecule has 368 valence electrons. The lowest BCUT2D eigenvalue weighted by Crippen LogP contribution is -2.61. The topological polar surface area (TPSA) is 19.6 Å². The van der Waals surface area contributed by atoms with Gasteiger partial charge in [-0.15, -0.1) is 11.3 Å². The quantitative estimate of drug-likeness (QED) is 0.165. The van der Waals surface area contributed by atoms with E-state index in [1.165, 1.54) is 110 Å². The second kappa shape index (κ2) is 15.3. The molecular weight excluding hydrogens is 904 g/mol. The Morgan fingerprint density at radius 2 is 1.11 bits per heavy atom. The van der Waals surface area contributed by atoms with Crippen LogP contribution in [0.25, 0.3) is 53.4 Å². The number of anilines is 5. The summed E-state index contributed by atoms with van der Waals surface area (Å²) < 4.78 is 10.5. The molecule has 4 heterocycles. The Kier molecular flexibility index (Phi) is 9.78. The van der Waals surface area contributed by atoms with Crippen LogP contribution in [0.15, 0.2) is 132 Å². The Labute approximate surface area is 438 Å². The maximum atomic E-state index is 7.88. The van der Waals surface area contributed by atoms with Crippen LogP contribution in [0.1, 0.15) is 156 Å². The largest absolute Gasteiger partial charge is 0.466 e. The first-order chi connectivity index (χ1) is 34.4. The maximum absolute atomic E-state index is 7.88. The van der Waals surface area contributed by atoms with Crippen molar-refractivity contribution in [2.24, 2.45) is 0 Å². The summed E-state index contributed by atoms with van der Waals surface area (Å²) in [4.78, 5) is 5.39. The van der Waals surface area contributed by atoms with Crippen molar-refractivity contribution in [1.82, 2.24) is 0 Å². The zero-order valence-electron chi connectivity index (χ0n) is 45.7. The summed E-state index contributed by atoms with van der Waals surface area (Å²) in [6.07, 6.45) is 4.61. The third-order valence-electron chi connectivity index (χ3n) is 18.3. The van der Waals surface area contributed by atoms with E-state index in [0.717, 1.165) is 41.9 Å².